The molecule has 0 N–H and O–H groups in total. The second-order valence-corrected chi connectivity index (χ2v) is 5.36. The van der Waals surface area contributed by atoms with Gasteiger partial charge in [-0.2, -0.15) is 0 Å². The van der Waals surface area contributed by atoms with Crippen molar-refractivity contribution >= 4 is 22.5 Å². The molecular formula is C18H16N2. The molecule has 2 aromatic carbocycles. The smallest absolute Gasteiger partial charge is 0.0653 e. The second-order valence-electron chi connectivity index (χ2n) is 5.36. The van der Waals surface area contributed by atoms with Gasteiger partial charge >= 0.3 is 0 Å². The largest absolute Gasteiger partial charge is 0.280 e. The molecule has 0 spiro atoms. The molecule has 0 fully saturated rings. The van der Waals surface area contributed by atoms with E-state index in [9.17, 15) is 0 Å². The molecule has 2 heterocycles. The Kier molecular flexibility index (Phi) is 2.27. The summed E-state index contributed by atoms with van der Waals surface area (Å²) in [6, 6.07) is 16.9. The number of hydrazine groups is 1. The fourth-order valence-corrected chi connectivity index (χ4v) is 3.13. The first-order valence-electron chi connectivity index (χ1n) is 6.85. The molecule has 0 bridgehead atoms. The number of anilines is 2. The lowest BCUT2D eigenvalue weighted by molar-refractivity contribution is 0.848. The lowest BCUT2D eigenvalue weighted by atomic mass is 10.1. The van der Waals surface area contributed by atoms with Gasteiger partial charge in [0.15, 0.2) is 0 Å². The topological polar surface area (TPSA) is 6.48 Å². The molecule has 0 atom stereocenters. The summed E-state index contributed by atoms with van der Waals surface area (Å²) in [5.74, 6) is 0. The third-order valence-electron chi connectivity index (χ3n) is 4.10. The molecule has 98 valence electrons. The summed E-state index contributed by atoms with van der Waals surface area (Å²) in [5.41, 5.74) is 7.33. The fraction of sp³-hybridized carbons (Fsp3) is 0.111. The van der Waals surface area contributed by atoms with Crippen LogP contribution in [0.3, 0.4) is 0 Å². The van der Waals surface area contributed by atoms with Crippen molar-refractivity contribution in [2.75, 3.05) is 23.1 Å². The quantitative estimate of drug-likeness (QED) is 0.765. The highest BCUT2D eigenvalue weighted by Gasteiger charge is 2.32. The standard InChI is InChI=1S/C18H16N2/c1-13-11-19(17-9-5-3-7-15(13)17)20-12-14(2)16-8-4-6-10-18(16)20/h3-10H,1-2,11-12H2. The average molecular weight is 260 g/mol. The highest BCUT2D eigenvalue weighted by molar-refractivity contribution is 5.91. The summed E-state index contributed by atoms with van der Waals surface area (Å²) >= 11 is 0. The summed E-state index contributed by atoms with van der Waals surface area (Å²) in [5, 5.41) is 4.63. The van der Waals surface area contributed by atoms with Crippen molar-refractivity contribution in [3.05, 3.63) is 72.8 Å². The summed E-state index contributed by atoms with van der Waals surface area (Å²) in [4.78, 5) is 0. The number of nitrogens with zero attached hydrogens (tertiary/aromatic N) is 2. The van der Waals surface area contributed by atoms with Crippen molar-refractivity contribution in [1.82, 2.24) is 0 Å². The highest BCUT2D eigenvalue weighted by atomic mass is 15.6. The van der Waals surface area contributed by atoms with E-state index >= 15 is 0 Å². The second kappa shape index (κ2) is 4.01. The van der Waals surface area contributed by atoms with Crippen LogP contribution >= 0.6 is 0 Å². The van der Waals surface area contributed by atoms with Gasteiger partial charge in [-0.1, -0.05) is 49.6 Å². The Bertz CT molecular complexity index is 666. The third kappa shape index (κ3) is 1.45. The molecule has 2 aromatic rings. The summed E-state index contributed by atoms with van der Waals surface area (Å²) in [7, 11) is 0. The molecule has 0 saturated heterocycles. The number of rotatable bonds is 1. The molecule has 2 aliphatic heterocycles. The van der Waals surface area contributed by atoms with Gasteiger partial charge in [0.2, 0.25) is 0 Å². The van der Waals surface area contributed by atoms with E-state index in [-0.39, 0.29) is 0 Å². The number of fused-ring (bicyclic) bond motifs is 2. The van der Waals surface area contributed by atoms with Crippen molar-refractivity contribution in [1.29, 1.82) is 0 Å². The number of benzene rings is 2. The minimum Gasteiger partial charge on any atom is -0.280 e. The van der Waals surface area contributed by atoms with E-state index in [1.165, 1.54) is 33.6 Å². The van der Waals surface area contributed by atoms with Crippen molar-refractivity contribution in [3.8, 4) is 0 Å². The van der Waals surface area contributed by atoms with Gasteiger partial charge in [0, 0.05) is 11.1 Å². The van der Waals surface area contributed by atoms with Crippen molar-refractivity contribution in [2.45, 2.75) is 0 Å². The number of hydrogen-bond donors (Lipinski definition) is 0. The Morgan fingerprint density at radius 1 is 0.650 bits per heavy atom. The zero-order chi connectivity index (χ0) is 13.7. The maximum Gasteiger partial charge on any atom is 0.0653 e. The van der Waals surface area contributed by atoms with Crippen LogP contribution in [0.15, 0.2) is 61.7 Å². The van der Waals surface area contributed by atoms with Crippen molar-refractivity contribution < 1.29 is 0 Å². The summed E-state index contributed by atoms with van der Waals surface area (Å²) in [6.07, 6.45) is 0. The molecule has 2 heteroatoms. The van der Waals surface area contributed by atoms with Crippen LogP contribution in [0.25, 0.3) is 11.1 Å². The first-order chi connectivity index (χ1) is 9.75. The van der Waals surface area contributed by atoms with Gasteiger partial charge in [-0.15, -0.1) is 0 Å². The van der Waals surface area contributed by atoms with E-state index in [4.69, 9.17) is 0 Å². The van der Waals surface area contributed by atoms with Crippen LogP contribution in [0, 0.1) is 0 Å². The van der Waals surface area contributed by atoms with E-state index in [1.54, 1.807) is 0 Å². The van der Waals surface area contributed by atoms with Gasteiger partial charge < -0.3 is 0 Å². The van der Waals surface area contributed by atoms with Crippen LogP contribution < -0.4 is 10.0 Å². The van der Waals surface area contributed by atoms with Crippen LogP contribution in [0.2, 0.25) is 0 Å². The van der Waals surface area contributed by atoms with Crippen LogP contribution in [-0.4, -0.2) is 13.1 Å². The first-order valence-corrected chi connectivity index (χ1v) is 6.85. The Labute approximate surface area is 119 Å². The lowest BCUT2D eigenvalue weighted by Gasteiger charge is -2.32. The SMILES string of the molecule is C=C1CN(N2CC(=C)c3ccccc32)c2ccccc21. The molecule has 0 saturated carbocycles. The number of para-hydroxylation sites is 2. The van der Waals surface area contributed by atoms with Crippen LogP contribution in [0.4, 0.5) is 11.4 Å². The Hall–Kier alpha value is -2.48. The lowest BCUT2D eigenvalue weighted by Crippen LogP contribution is -2.40. The maximum absolute atomic E-state index is 4.20. The molecule has 2 aliphatic rings. The van der Waals surface area contributed by atoms with Gasteiger partial charge in [0.25, 0.3) is 0 Å². The van der Waals surface area contributed by atoms with Gasteiger partial charge in [-0.3, -0.25) is 10.0 Å². The molecule has 2 nitrogen and oxygen atoms in total. The molecule has 4 rings (SSSR count). The molecule has 0 amide bonds. The normalized spacial score (nSPS) is 16.6. The van der Waals surface area contributed by atoms with E-state index in [0.29, 0.717) is 0 Å². The summed E-state index contributed by atoms with van der Waals surface area (Å²) < 4.78 is 0. The van der Waals surface area contributed by atoms with E-state index < -0.39 is 0 Å². The van der Waals surface area contributed by atoms with Crippen LogP contribution in [0.5, 0.6) is 0 Å². The Balaban J connectivity index is 1.82. The van der Waals surface area contributed by atoms with Gasteiger partial charge in [0.1, 0.15) is 0 Å². The van der Waals surface area contributed by atoms with Gasteiger partial charge in [0.05, 0.1) is 24.5 Å². The van der Waals surface area contributed by atoms with E-state index in [0.717, 1.165) is 13.1 Å². The van der Waals surface area contributed by atoms with Crippen molar-refractivity contribution in [2.24, 2.45) is 0 Å². The molecule has 0 aromatic heterocycles. The Morgan fingerprint density at radius 2 is 1.05 bits per heavy atom. The van der Waals surface area contributed by atoms with Crippen LogP contribution in [-0.2, 0) is 0 Å². The predicted octanol–water partition coefficient (Wildman–Crippen LogP) is 3.97. The highest BCUT2D eigenvalue weighted by Crippen LogP contribution is 2.42. The average Bonchev–Trinajstić information content (AvgIpc) is 2.99. The van der Waals surface area contributed by atoms with Gasteiger partial charge in [-0.25, -0.2) is 0 Å². The minimum atomic E-state index is 0.848. The molecular weight excluding hydrogens is 244 g/mol. The predicted molar refractivity (Wildman–Crippen MR) is 85.6 cm³/mol. The van der Waals surface area contributed by atoms with E-state index in [2.05, 4.69) is 71.7 Å². The van der Waals surface area contributed by atoms with E-state index in [1.807, 2.05) is 0 Å². The molecule has 0 unspecified atom stereocenters. The monoisotopic (exact) mass is 260 g/mol. The zero-order valence-electron chi connectivity index (χ0n) is 11.3. The van der Waals surface area contributed by atoms with Crippen molar-refractivity contribution in [3.63, 3.8) is 0 Å². The third-order valence-corrected chi connectivity index (χ3v) is 4.10. The van der Waals surface area contributed by atoms with Gasteiger partial charge in [-0.05, 0) is 23.3 Å². The number of hydrogen-bond acceptors (Lipinski definition) is 2. The minimum absolute atomic E-state index is 0.848. The summed E-state index contributed by atoms with van der Waals surface area (Å²) in [6.45, 7) is 10.1. The zero-order valence-corrected chi connectivity index (χ0v) is 11.3. The maximum atomic E-state index is 4.20. The molecule has 20 heavy (non-hydrogen) atoms. The fourth-order valence-electron chi connectivity index (χ4n) is 3.13. The molecule has 0 radical (unpaired) electrons. The Morgan fingerprint density at radius 3 is 1.50 bits per heavy atom. The molecule has 0 aliphatic carbocycles. The first kappa shape index (κ1) is 11.4. The van der Waals surface area contributed by atoms with Crippen LogP contribution in [0.1, 0.15) is 11.1 Å².